The molecule has 3 aliphatic rings. The van der Waals surface area contributed by atoms with E-state index in [0.717, 1.165) is 39.1 Å². The Hall–Kier alpha value is -2.29. The van der Waals surface area contributed by atoms with Crippen molar-refractivity contribution in [2.24, 2.45) is 5.92 Å². The van der Waals surface area contributed by atoms with Crippen LogP contribution in [0.15, 0.2) is 24.3 Å². The number of carbonyl (C=O) groups is 3. The Morgan fingerprint density at radius 3 is 2.49 bits per heavy atom. The molecule has 0 spiro atoms. The molecule has 0 radical (unpaired) electrons. The number of fused-ring (bicyclic) bond motifs is 1. The molecule has 8 heteroatoms. The number of Topliss-reactive ketones (excluding diaryl/α,β-unsaturated/α-hetero) is 1. The van der Waals surface area contributed by atoms with Gasteiger partial charge in [-0.2, -0.15) is 0 Å². The molecular formula is C27H39N3O5. The first kappa shape index (κ1) is 25.8. The first-order valence-corrected chi connectivity index (χ1v) is 12.9. The van der Waals surface area contributed by atoms with Gasteiger partial charge in [0.2, 0.25) is 5.91 Å². The molecule has 4 rings (SSSR count). The number of benzene rings is 1. The number of nitrogens with one attached hydrogen (secondary N) is 1. The highest BCUT2D eigenvalue weighted by Gasteiger charge is 2.48. The van der Waals surface area contributed by atoms with Crippen LogP contribution in [0.2, 0.25) is 0 Å². The standard InChI is InChI=1S/C27H39N3O5/c1-18(2)16-22(27(33)30-13-10-24-25(30)23(31)17-35-24)28-26(32)21-6-4-19(5-7-21)20-8-11-29(12-9-20)14-15-34-3/h4-7,18,20,22,24-25H,8-17H2,1-3H3,(H,28,32)/t22?,24-,25-/m1/s1. The zero-order chi connectivity index (χ0) is 24.9. The van der Waals surface area contributed by atoms with Gasteiger partial charge in [-0.1, -0.05) is 26.0 Å². The number of ether oxygens (including phenoxy) is 2. The van der Waals surface area contributed by atoms with Crippen LogP contribution >= 0.6 is 0 Å². The predicted octanol–water partition coefficient (Wildman–Crippen LogP) is 2.23. The number of methoxy groups -OCH3 is 1. The van der Waals surface area contributed by atoms with Crippen molar-refractivity contribution in [3.8, 4) is 0 Å². The van der Waals surface area contributed by atoms with Gasteiger partial charge in [-0.05, 0) is 68.3 Å². The van der Waals surface area contributed by atoms with Crippen molar-refractivity contribution in [2.75, 3.05) is 46.5 Å². The fraction of sp³-hybridized carbons (Fsp3) is 0.667. The van der Waals surface area contributed by atoms with Crippen molar-refractivity contribution in [3.63, 3.8) is 0 Å². The Morgan fingerprint density at radius 2 is 1.83 bits per heavy atom. The molecule has 0 saturated carbocycles. The summed E-state index contributed by atoms with van der Waals surface area (Å²) >= 11 is 0. The maximum atomic E-state index is 13.4. The summed E-state index contributed by atoms with van der Waals surface area (Å²) in [6.07, 6.45) is 3.17. The monoisotopic (exact) mass is 485 g/mol. The van der Waals surface area contributed by atoms with Crippen molar-refractivity contribution >= 4 is 17.6 Å². The number of nitrogens with zero attached hydrogens (tertiary/aromatic N) is 2. The van der Waals surface area contributed by atoms with Gasteiger partial charge < -0.3 is 24.6 Å². The van der Waals surface area contributed by atoms with Crippen molar-refractivity contribution in [1.29, 1.82) is 0 Å². The van der Waals surface area contributed by atoms with Crippen molar-refractivity contribution in [3.05, 3.63) is 35.4 Å². The van der Waals surface area contributed by atoms with E-state index in [2.05, 4.69) is 10.2 Å². The van der Waals surface area contributed by atoms with Gasteiger partial charge in [0.25, 0.3) is 5.91 Å². The smallest absolute Gasteiger partial charge is 0.251 e. The highest BCUT2D eigenvalue weighted by atomic mass is 16.5. The average molecular weight is 486 g/mol. The lowest BCUT2D eigenvalue weighted by Gasteiger charge is -2.32. The minimum Gasteiger partial charge on any atom is -0.383 e. The number of piperidine rings is 1. The molecule has 0 bridgehead atoms. The number of rotatable bonds is 9. The minimum absolute atomic E-state index is 0.0457. The third-order valence-electron chi connectivity index (χ3n) is 7.55. The van der Waals surface area contributed by atoms with Crippen LogP contribution in [0, 0.1) is 5.92 Å². The molecule has 3 fully saturated rings. The highest BCUT2D eigenvalue weighted by Crippen LogP contribution is 2.29. The Balaban J connectivity index is 1.37. The van der Waals surface area contributed by atoms with E-state index < -0.39 is 12.1 Å². The molecule has 1 unspecified atom stereocenters. The second-order valence-corrected chi connectivity index (χ2v) is 10.5. The predicted molar refractivity (Wildman–Crippen MR) is 132 cm³/mol. The van der Waals surface area contributed by atoms with E-state index in [1.807, 2.05) is 38.1 Å². The lowest BCUT2D eigenvalue weighted by atomic mass is 9.89. The number of likely N-dealkylation sites (tertiary alicyclic amines) is 2. The topological polar surface area (TPSA) is 88.2 Å². The SMILES string of the molecule is COCCN1CCC(c2ccc(C(=O)NC(CC(C)C)C(=O)N3CC[C@H]4OCC(=O)[C@H]43)cc2)CC1. The molecule has 0 aliphatic carbocycles. The van der Waals surface area contributed by atoms with Crippen LogP contribution in [-0.4, -0.2) is 92.1 Å². The van der Waals surface area contributed by atoms with E-state index in [9.17, 15) is 14.4 Å². The summed E-state index contributed by atoms with van der Waals surface area (Å²) < 4.78 is 10.7. The van der Waals surface area contributed by atoms with Crippen LogP contribution in [0.4, 0.5) is 0 Å². The normalized spacial score (nSPS) is 24.1. The summed E-state index contributed by atoms with van der Waals surface area (Å²) in [5.74, 6) is 0.228. The van der Waals surface area contributed by atoms with Gasteiger partial charge in [-0.15, -0.1) is 0 Å². The molecular weight excluding hydrogens is 446 g/mol. The average Bonchev–Trinajstić information content (AvgIpc) is 3.45. The van der Waals surface area contributed by atoms with Gasteiger partial charge in [0.15, 0.2) is 5.78 Å². The van der Waals surface area contributed by atoms with Crippen LogP contribution < -0.4 is 5.32 Å². The van der Waals surface area contributed by atoms with Gasteiger partial charge in [-0.25, -0.2) is 0 Å². The van der Waals surface area contributed by atoms with Crippen LogP contribution in [0.3, 0.4) is 0 Å². The van der Waals surface area contributed by atoms with E-state index >= 15 is 0 Å². The van der Waals surface area contributed by atoms with Gasteiger partial charge >= 0.3 is 0 Å². The highest BCUT2D eigenvalue weighted by molar-refractivity contribution is 5.99. The van der Waals surface area contributed by atoms with Crippen molar-refractivity contribution in [2.45, 2.75) is 63.6 Å². The largest absolute Gasteiger partial charge is 0.383 e. The van der Waals surface area contributed by atoms with Gasteiger partial charge in [0.1, 0.15) is 18.7 Å². The zero-order valence-electron chi connectivity index (χ0n) is 21.2. The Labute approximate surface area is 208 Å². The molecule has 3 heterocycles. The van der Waals surface area contributed by atoms with Gasteiger partial charge in [0, 0.05) is 25.8 Å². The Bertz CT molecular complexity index is 895. The molecule has 3 aliphatic heterocycles. The second-order valence-electron chi connectivity index (χ2n) is 10.5. The van der Waals surface area contributed by atoms with Crippen LogP contribution in [0.5, 0.6) is 0 Å². The molecule has 2 amide bonds. The van der Waals surface area contributed by atoms with E-state index in [4.69, 9.17) is 9.47 Å². The Kier molecular flexibility index (Phi) is 8.57. The minimum atomic E-state index is -0.661. The summed E-state index contributed by atoms with van der Waals surface area (Å²) in [6.45, 7) is 8.46. The Morgan fingerprint density at radius 1 is 1.11 bits per heavy atom. The maximum absolute atomic E-state index is 13.4. The second kappa shape index (κ2) is 11.6. The molecule has 3 atom stereocenters. The number of hydrogen-bond acceptors (Lipinski definition) is 6. The number of amides is 2. The van der Waals surface area contributed by atoms with Gasteiger partial charge in [0.05, 0.1) is 12.7 Å². The van der Waals surface area contributed by atoms with E-state index in [0.29, 0.717) is 30.9 Å². The maximum Gasteiger partial charge on any atom is 0.251 e. The third kappa shape index (κ3) is 6.11. The summed E-state index contributed by atoms with van der Waals surface area (Å²) in [7, 11) is 1.73. The third-order valence-corrected chi connectivity index (χ3v) is 7.55. The molecule has 35 heavy (non-hydrogen) atoms. The van der Waals surface area contributed by atoms with Crippen LogP contribution in [0.1, 0.15) is 61.4 Å². The molecule has 1 N–H and O–H groups in total. The van der Waals surface area contributed by atoms with Crippen LogP contribution in [-0.2, 0) is 19.1 Å². The van der Waals surface area contributed by atoms with Crippen molar-refractivity contribution in [1.82, 2.24) is 15.1 Å². The summed E-state index contributed by atoms with van der Waals surface area (Å²) in [5.41, 5.74) is 1.80. The molecule has 1 aromatic carbocycles. The number of carbonyl (C=O) groups excluding carboxylic acids is 3. The van der Waals surface area contributed by atoms with E-state index in [-0.39, 0.29) is 36.2 Å². The lowest BCUT2D eigenvalue weighted by Crippen LogP contribution is -2.52. The molecule has 1 aromatic rings. The molecule has 0 aromatic heterocycles. The van der Waals surface area contributed by atoms with Gasteiger partial charge in [-0.3, -0.25) is 14.4 Å². The summed E-state index contributed by atoms with van der Waals surface area (Å²) in [4.78, 5) is 42.8. The van der Waals surface area contributed by atoms with E-state index in [1.165, 1.54) is 5.56 Å². The fourth-order valence-corrected chi connectivity index (χ4v) is 5.59. The van der Waals surface area contributed by atoms with E-state index in [1.54, 1.807) is 12.0 Å². The first-order valence-electron chi connectivity index (χ1n) is 12.9. The molecule has 192 valence electrons. The molecule has 8 nitrogen and oxygen atoms in total. The lowest BCUT2D eigenvalue weighted by molar-refractivity contribution is -0.138. The fourth-order valence-electron chi connectivity index (χ4n) is 5.59. The number of hydrogen-bond donors (Lipinski definition) is 1. The quantitative estimate of drug-likeness (QED) is 0.577. The number of ketones is 1. The summed E-state index contributed by atoms with van der Waals surface area (Å²) in [5, 5.41) is 2.96. The van der Waals surface area contributed by atoms with Crippen molar-refractivity contribution < 1.29 is 23.9 Å². The van der Waals surface area contributed by atoms with Crippen LogP contribution in [0.25, 0.3) is 0 Å². The molecule has 3 saturated heterocycles. The first-order chi connectivity index (χ1) is 16.9. The zero-order valence-corrected chi connectivity index (χ0v) is 21.2. The summed E-state index contributed by atoms with van der Waals surface area (Å²) in [6, 6.07) is 6.64.